The first kappa shape index (κ1) is 22.2. The number of aromatic nitrogens is 4. The van der Waals surface area contributed by atoms with Crippen molar-refractivity contribution in [1.29, 1.82) is 0 Å². The maximum absolute atomic E-state index is 11.9. The van der Waals surface area contributed by atoms with Gasteiger partial charge in [-0.15, -0.1) is 0 Å². The van der Waals surface area contributed by atoms with Crippen LogP contribution in [0.1, 0.15) is 88.0 Å². The molecule has 1 saturated carbocycles. The molecule has 0 N–H and O–H groups in total. The van der Waals surface area contributed by atoms with E-state index in [0.717, 1.165) is 48.5 Å². The number of hydrogen-bond donors (Lipinski definition) is 0. The van der Waals surface area contributed by atoms with E-state index >= 15 is 0 Å². The van der Waals surface area contributed by atoms with Crippen molar-refractivity contribution in [2.75, 3.05) is 0 Å². The minimum absolute atomic E-state index is 0.0153. The Kier molecular flexibility index (Phi) is 7.40. The summed E-state index contributed by atoms with van der Waals surface area (Å²) < 4.78 is 0. The molecule has 0 aliphatic heterocycles. The molecule has 2 heterocycles. The summed E-state index contributed by atoms with van der Waals surface area (Å²) in [5.41, 5.74) is 3.46. The van der Waals surface area contributed by atoms with Crippen molar-refractivity contribution < 1.29 is 9.59 Å². The van der Waals surface area contributed by atoms with Gasteiger partial charge in [0.15, 0.2) is 0 Å². The first-order valence-corrected chi connectivity index (χ1v) is 11.0. The minimum atomic E-state index is 0.0153. The molecule has 2 atom stereocenters. The third-order valence-corrected chi connectivity index (χ3v) is 5.99. The number of nitrogens with zero attached hydrogens (tertiary/aromatic N) is 4. The average molecular weight is 409 g/mol. The van der Waals surface area contributed by atoms with Crippen molar-refractivity contribution in [3.8, 4) is 0 Å². The molecule has 6 heteroatoms. The highest BCUT2D eigenvalue weighted by molar-refractivity contribution is 5.82. The van der Waals surface area contributed by atoms with E-state index < -0.39 is 0 Å². The van der Waals surface area contributed by atoms with Crippen LogP contribution in [0.4, 0.5) is 0 Å². The molecule has 0 unspecified atom stereocenters. The zero-order valence-electron chi connectivity index (χ0n) is 18.5. The Hall–Kier alpha value is -2.50. The van der Waals surface area contributed by atoms with Crippen molar-refractivity contribution in [2.45, 2.75) is 78.1 Å². The quantitative estimate of drug-likeness (QED) is 0.649. The van der Waals surface area contributed by atoms with Gasteiger partial charge in [0.1, 0.15) is 11.6 Å². The summed E-state index contributed by atoms with van der Waals surface area (Å²) in [6.45, 7) is 7.63. The van der Waals surface area contributed by atoms with Gasteiger partial charge in [0.25, 0.3) is 0 Å². The summed E-state index contributed by atoms with van der Waals surface area (Å²) >= 11 is 0. The van der Waals surface area contributed by atoms with Crippen LogP contribution in [0.15, 0.2) is 24.3 Å². The fraction of sp³-hybridized carbons (Fsp3) is 0.583. The molecule has 1 fully saturated rings. The lowest BCUT2D eigenvalue weighted by molar-refractivity contribution is -0.122. The number of rotatable bonds is 8. The van der Waals surface area contributed by atoms with E-state index in [0.29, 0.717) is 24.7 Å². The number of ketones is 2. The van der Waals surface area contributed by atoms with Crippen molar-refractivity contribution in [3.05, 3.63) is 47.0 Å². The summed E-state index contributed by atoms with van der Waals surface area (Å²) in [4.78, 5) is 23.8. The fourth-order valence-electron chi connectivity index (χ4n) is 3.86. The van der Waals surface area contributed by atoms with Crippen LogP contribution in [0.2, 0.25) is 0 Å². The van der Waals surface area contributed by atoms with E-state index in [4.69, 9.17) is 0 Å². The lowest BCUT2D eigenvalue weighted by Gasteiger charge is -2.28. The molecule has 1 aliphatic rings. The molecule has 2 aromatic heterocycles. The molecule has 2 aromatic rings. The first-order chi connectivity index (χ1) is 14.3. The zero-order valence-corrected chi connectivity index (χ0v) is 18.5. The smallest absolute Gasteiger partial charge is 0.141 e. The van der Waals surface area contributed by atoms with Crippen LogP contribution in [0.25, 0.3) is 0 Å². The molecular formula is C24H32N4O2. The van der Waals surface area contributed by atoms with Gasteiger partial charge < -0.3 is 0 Å². The highest BCUT2D eigenvalue weighted by atomic mass is 16.1. The number of carbonyl (C=O) groups is 2. The lowest BCUT2D eigenvalue weighted by Crippen LogP contribution is -2.17. The largest absolute Gasteiger partial charge is 0.299 e. The molecule has 0 aromatic carbocycles. The van der Waals surface area contributed by atoms with Crippen LogP contribution in [-0.2, 0) is 22.4 Å². The van der Waals surface area contributed by atoms with Gasteiger partial charge in [-0.2, -0.15) is 20.4 Å². The van der Waals surface area contributed by atoms with Crippen molar-refractivity contribution in [3.63, 3.8) is 0 Å². The van der Waals surface area contributed by atoms with Crippen molar-refractivity contribution in [2.24, 2.45) is 11.8 Å². The molecule has 0 spiro atoms. The number of carbonyl (C=O) groups excluding carboxylic acids is 2. The Morgan fingerprint density at radius 1 is 0.767 bits per heavy atom. The normalized spacial score (nSPS) is 19.3. The molecular weight excluding hydrogens is 376 g/mol. The van der Waals surface area contributed by atoms with Crippen LogP contribution in [0.5, 0.6) is 0 Å². The summed E-state index contributed by atoms with van der Waals surface area (Å²) in [7, 11) is 0. The summed E-state index contributed by atoms with van der Waals surface area (Å²) in [5.74, 6) is 1.09. The van der Waals surface area contributed by atoms with E-state index in [1.807, 2.05) is 52.0 Å². The van der Waals surface area contributed by atoms with Gasteiger partial charge in [0.05, 0.1) is 35.6 Å². The second-order valence-corrected chi connectivity index (χ2v) is 9.06. The molecule has 1 aliphatic carbocycles. The molecule has 0 radical (unpaired) electrons. The van der Waals surface area contributed by atoms with Gasteiger partial charge in [-0.3, -0.25) is 9.59 Å². The zero-order chi connectivity index (χ0) is 21.7. The summed E-state index contributed by atoms with van der Waals surface area (Å²) in [6, 6.07) is 7.92. The molecule has 0 amide bonds. The first-order valence-electron chi connectivity index (χ1n) is 11.0. The van der Waals surface area contributed by atoms with Gasteiger partial charge in [0, 0.05) is 23.7 Å². The Balaban J connectivity index is 1.62. The third kappa shape index (κ3) is 5.77. The Morgan fingerprint density at radius 2 is 1.20 bits per heavy atom. The average Bonchev–Trinajstić information content (AvgIpc) is 2.74. The van der Waals surface area contributed by atoms with Crippen molar-refractivity contribution in [1.82, 2.24) is 20.4 Å². The third-order valence-electron chi connectivity index (χ3n) is 5.99. The SMILES string of the molecule is CC(C)C(=O)Cc1ccc([C@@H]2CCC[C@H](c3ccc(CC(=O)C(C)C)nn3)C2)nn1. The minimum Gasteiger partial charge on any atom is -0.299 e. The van der Waals surface area contributed by atoms with E-state index in [1.165, 1.54) is 0 Å². The predicted octanol–water partition coefficient (Wildman–Crippen LogP) is 4.24. The van der Waals surface area contributed by atoms with Gasteiger partial charge in [0.2, 0.25) is 0 Å². The molecule has 3 rings (SSSR count). The standard InChI is InChI=1S/C24H32N4O2/c1-15(2)23(29)13-19-8-10-21(27-25-19)17-6-5-7-18(12-17)22-11-9-20(26-28-22)14-24(30)16(3)4/h8-11,15-18H,5-7,12-14H2,1-4H3/t17-,18+. The van der Waals surface area contributed by atoms with Gasteiger partial charge in [-0.1, -0.05) is 34.1 Å². The highest BCUT2D eigenvalue weighted by Gasteiger charge is 2.27. The van der Waals surface area contributed by atoms with Crippen molar-refractivity contribution >= 4 is 11.6 Å². The van der Waals surface area contributed by atoms with Crippen LogP contribution >= 0.6 is 0 Å². The molecule has 160 valence electrons. The Labute approximate surface area is 178 Å². The van der Waals surface area contributed by atoms with Gasteiger partial charge >= 0.3 is 0 Å². The Morgan fingerprint density at radius 3 is 1.53 bits per heavy atom. The number of hydrogen-bond acceptors (Lipinski definition) is 6. The van der Waals surface area contributed by atoms with Gasteiger partial charge in [-0.25, -0.2) is 0 Å². The van der Waals surface area contributed by atoms with Crippen LogP contribution in [-0.4, -0.2) is 32.0 Å². The second kappa shape index (κ2) is 10.0. The lowest BCUT2D eigenvalue weighted by atomic mass is 9.78. The summed E-state index contributed by atoms with van der Waals surface area (Å²) in [6.07, 6.45) is 4.95. The van der Waals surface area contributed by atoms with E-state index in [9.17, 15) is 9.59 Å². The Bertz CT molecular complexity index is 788. The summed E-state index contributed by atoms with van der Waals surface area (Å²) in [5, 5.41) is 17.5. The van der Waals surface area contributed by atoms with Crippen LogP contribution in [0, 0.1) is 11.8 Å². The highest BCUT2D eigenvalue weighted by Crippen LogP contribution is 2.39. The molecule has 6 nitrogen and oxygen atoms in total. The van der Waals surface area contributed by atoms with E-state index in [1.54, 1.807) is 0 Å². The molecule has 0 saturated heterocycles. The number of Topliss-reactive ketones (excluding diaryl/α,β-unsaturated/α-hetero) is 2. The second-order valence-electron chi connectivity index (χ2n) is 9.06. The maximum atomic E-state index is 11.9. The molecule has 0 bridgehead atoms. The molecule has 30 heavy (non-hydrogen) atoms. The van der Waals surface area contributed by atoms with E-state index in [-0.39, 0.29) is 23.4 Å². The van der Waals surface area contributed by atoms with E-state index in [2.05, 4.69) is 20.4 Å². The van der Waals surface area contributed by atoms with Gasteiger partial charge in [-0.05, 0) is 43.5 Å². The van der Waals surface area contributed by atoms with Crippen LogP contribution in [0.3, 0.4) is 0 Å². The fourth-order valence-corrected chi connectivity index (χ4v) is 3.86. The monoisotopic (exact) mass is 408 g/mol. The van der Waals surface area contributed by atoms with Crippen LogP contribution < -0.4 is 0 Å². The maximum Gasteiger partial charge on any atom is 0.141 e. The predicted molar refractivity (Wildman–Crippen MR) is 115 cm³/mol. The topological polar surface area (TPSA) is 85.7 Å².